The Balaban J connectivity index is 1.71. The van der Waals surface area contributed by atoms with Gasteiger partial charge in [0.05, 0.1) is 23.4 Å². The van der Waals surface area contributed by atoms with E-state index in [-0.39, 0.29) is 5.91 Å². The molecular weight excluding hydrogens is 346 g/mol. The molecule has 3 rings (SSSR count). The van der Waals surface area contributed by atoms with E-state index in [9.17, 15) is 4.79 Å². The molecule has 0 bridgehead atoms. The summed E-state index contributed by atoms with van der Waals surface area (Å²) in [7, 11) is 0. The van der Waals surface area contributed by atoms with E-state index < -0.39 is 0 Å². The van der Waals surface area contributed by atoms with Crippen molar-refractivity contribution < 1.29 is 9.53 Å². The second-order valence-corrected chi connectivity index (χ2v) is 7.76. The van der Waals surface area contributed by atoms with Crippen molar-refractivity contribution in [3.8, 4) is 0 Å². The molecule has 0 spiro atoms. The molecule has 142 valence electrons. The fraction of sp³-hybridized carbons (Fsp3) is 0.600. The lowest BCUT2D eigenvalue weighted by molar-refractivity contribution is -0.118. The molecule has 1 aromatic heterocycles. The summed E-state index contributed by atoms with van der Waals surface area (Å²) in [5.41, 5.74) is 2.30. The van der Waals surface area contributed by atoms with Crippen molar-refractivity contribution in [3.63, 3.8) is 0 Å². The molecule has 1 aliphatic rings. The monoisotopic (exact) mass is 375 g/mol. The number of aryl methyl sites for hydroxylation is 1. The minimum atomic E-state index is 0.184. The lowest BCUT2D eigenvalue weighted by Gasteiger charge is -2.27. The third-order valence-corrected chi connectivity index (χ3v) is 5.85. The van der Waals surface area contributed by atoms with Gasteiger partial charge in [-0.3, -0.25) is 14.6 Å². The van der Waals surface area contributed by atoms with Gasteiger partial charge < -0.3 is 4.74 Å². The Morgan fingerprint density at radius 1 is 1.31 bits per heavy atom. The van der Waals surface area contributed by atoms with Crippen LogP contribution in [0.25, 0.3) is 10.2 Å². The molecule has 0 radical (unpaired) electrons. The van der Waals surface area contributed by atoms with Gasteiger partial charge in [-0.05, 0) is 37.0 Å². The first-order valence-electron chi connectivity index (χ1n) is 9.71. The van der Waals surface area contributed by atoms with Crippen LogP contribution in [0.1, 0.15) is 38.7 Å². The van der Waals surface area contributed by atoms with Gasteiger partial charge in [-0.1, -0.05) is 31.3 Å². The third-order valence-electron chi connectivity index (χ3n) is 4.81. The summed E-state index contributed by atoms with van der Waals surface area (Å²) in [6, 6.07) is 6.40. The zero-order valence-electron chi connectivity index (χ0n) is 15.9. The molecule has 0 unspecified atom stereocenters. The van der Waals surface area contributed by atoms with E-state index in [1.165, 1.54) is 10.3 Å². The molecule has 0 aliphatic carbocycles. The van der Waals surface area contributed by atoms with Crippen LogP contribution in [0.4, 0.5) is 5.13 Å². The van der Waals surface area contributed by atoms with Crippen LogP contribution in [0.5, 0.6) is 0 Å². The van der Waals surface area contributed by atoms with Crippen molar-refractivity contribution in [2.45, 2.75) is 39.5 Å². The number of fused-ring (bicyclic) bond motifs is 1. The first kappa shape index (κ1) is 19.3. The van der Waals surface area contributed by atoms with Crippen LogP contribution in [0.3, 0.4) is 0 Å². The molecule has 1 saturated heterocycles. The number of carbonyl (C=O) groups excluding carboxylic acids is 1. The summed E-state index contributed by atoms with van der Waals surface area (Å²) in [4.78, 5) is 21.7. The third kappa shape index (κ3) is 4.81. The summed E-state index contributed by atoms with van der Waals surface area (Å²) < 4.78 is 6.57. The standard InChI is InChI=1S/C20H29N3O2S/c1-3-6-19(24)23(10-5-9-22-11-13-25-14-12-22)20-21-17-8-7-16(4-2)15-18(17)26-20/h7-8,15H,3-6,9-14H2,1-2H3. The smallest absolute Gasteiger partial charge is 0.228 e. The van der Waals surface area contributed by atoms with Crippen LogP contribution < -0.4 is 4.90 Å². The minimum absolute atomic E-state index is 0.184. The number of hydrogen-bond acceptors (Lipinski definition) is 5. The molecule has 2 heterocycles. The second kappa shape index (κ2) is 9.44. The zero-order valence-corrected chi connectivity index (χ0v) is 16.7. The van der Waals surface area contributed by atoms with Crippen molar-refractivity contribution in [1.29, 1.82) is 0 Å². The summed E-state index contributed by atoms with van der Waals surface area (Å²) in [5, 5.41) is 0.841. The first-order valence-corrected chi connectivity index (χ1v) is 10.5. The maximum absolute atomic E-state index is 12.7. The number of benzene rings is 1. The van der Waals surface area contributed by atoms with Gasteiger partial charge in [0.2, 0.25) is 5.91 Å². The SMILES string of the molecule is CCCC(=O)N(CCCN1CCOCC1)c1nc2ccc(CC)cc2s1. The number of carbonyl (C=O) groups is 1. The highest BCUT2D eigenvalue weighted by Gasteiger charge is 2.19. The van der Waals surface area contributed by atoms with Gasteiger partial charge in [-0.25, -0.2) is 4.98 Å². The Morgan fingerprint density at radius 2 is 2.12 bits per heavy atom. The number of anilines is 1. The second-order valence-electron chi connectivity index (χ2n) is 6.76. The highest BCUT2D eigenvalue weighted by atomic mass is 32.1. The maximum atomic E-state index is 12.7. The van der Waals surface area contributed by atoms with Crippen molar-refractivity contribution in [2.75, 3.05) is 44.3 Å². The molecule has 1 aromatic carbocycles. The van der Waals surface area contributed by atoms with Gasteiger partial charge in [0.1, 0.15) is 0 Å². The normalized spacial score (nSPS) is 15.5. The number of morpholine rings is 1. The summed E-state index contributed by atoms with van der Waals surface area (Å²) in [6.45, 7) is 9.56. The van der Waals surface area contributed by atoms with Crippen molar-refractivity contribution in [3.05, 3.63) is 23.8 Å². The molecule has 0 saturated carbocycles. The Kier molecular flexibility index (Phi) is 7.00. The number of amides is 1. The van der Waals surface area contributed by atoms with E-state index in [1.807, 2.05) is 4.90 Å². The van der Waals surface area contributed by atoms with Gasteiger partial charge >= 0.3 is 0 Å². The Labute approximate surface area is 160 Å². The Hall–Kier alpha value is -1.50. The summed E-state index contributed by atoms with van der Waals surface area (Å²) in [5.74, 6) is 0.184. The molecule has 5 nitrogen and oxygen atoms in total. The lowest BCUT2D eigenvalue weighted by atomic mass is 10.2. The van der Waals surface area contributed by atoms with Crippen LogP contribution in [0.15, 0.2) is 18.2 Å². The quantitative estimate of drug-likeness (QED) is 0.705. The predicted molar refractivity (Wildman–Crippen MR) is 108 cm³/mol. The fourth-order valence-electron chi connectivity index (χ4n) is 3.25. The summed E-state index contributed by atoms with van der Waals surface area (Å²) >= 11 is 1.64. The number of nitrogens with zero attached hydrogens (tertiary/aromatic N) is 3. The van der Waals surface area contributed by atoms with Gasteiger partial charge in [0.15, 0.2) is 5.13 Å². The minimum Gasteiger partial charge on any atom is -0.379 e. The van der Waals surface area contributed by atoms with Crippen molar-refractivity contribution >= 4 is 32.6 Å². The van der Waals surface area contributed by atoms with Crippen LogP contribution in [-0.4, -0.2) is 55.2 Å². The molecule has 1 fully saturated rings. The predicted octanol–water partition coefficient (Wildman–Crippen LogP) is 3.71. The topological polar surface area (TPSA) is 45.7 Å². The van der Waals surface area contributed by atoms with Gasteiger partial charge in [-0.2, -0.15) is 0 Å². The summed E-state index contributed by atoms with van der Waals surface area (Å²) in [6.07, 6.45) is 3.42. The zero-order chi connectivity index (χ0) is 18.4. The van der Waals surface area contributed by atoms with E-state index >= 15 is 0 Å². The van der Waals surface area contributed by atoms with Crippen molar-refractivity contribution in [2.24, 2.45) is 0 Å². The Bertz CT molecular complexity index is 725. The molecule has 2 aromatic rings. The van der Waals surface area contributed by atoms with Gasteiger partial charge in [0.25, 0.3) is 0 Å². The molecule has 6 heteroatoms. The van der Waals surface area contributed by atoms with E-state index in [0.29, 0.717) is 6.42 Å². The lowest BCUT2D eigenvalue weighted by Crippen LogP contribution is -2.39. The fourth-order valence-corrected chi connectivity index (χ4v) is 4.32. The van der Waals surface area contributed by atoms with Crippen LogP contribution in [-0.2, 0) is 16.0 Å². The largest absolute Gasteiger partial charge is 0.379 e. The van der Waals surface area contributed by atoms with Crippen LogP contribution in [0, 0.1) is 0 Å². The number of rotatable bonds is 8. The van der Waals surface area contributed by atoms with Crippen LogP contribution in [0.2, 0.25) is 0 Å². The number of hydrogen-bond donors (Lipinski definition) is 0. The molecule has 0 atom stereocenters. The molecule has 26 heavy (non-hydrogen) atoms. The average molecular weight is 376 g/mol. The number of aromatic nitrogens is 1. The van der Waals surface area contributed by atoms with Gasteiger partial charge in [0, 0.05) is 32.6 Å². The molecular formula is C20H29N3O2S. The molecule has 1 aliphatic heterocycles. The number of ether oxygens (including phenoxy) is 1. The highest BCUT2D eigenvalue weighted by molar-refractivity contribution is 7.22. The number of thiazole rings is 1. The van der Waals surface area contributed by atoms with Crippen LogP contribution >= 0.6 is 11.3 Å². The van der Waals surface area contributed by atoms with E-state index in [0.717, 1.165) is 69.3 Å². The Morgan fingerprint density at radius 3 is 2.85 bits per heavy atom. The maximum Gasteiger partial charge on any atom is 0.228 e. The molecule has 1 amide bonds. The first-order chi connectivity index (χ1) is 12.7. The van der Waals surface area contributed by atoms with Crippen molar-refractivity contribution in [1.82, 2.24) is 9.88 Å². The highest BCUT2D eigenvalue weighted by Crippen LogP contribution is 2.30. The van der Waals surface area contributed by atoms with E-state index in [2.05, 4.69) is 36.9 Å². The van der Waals surface area contributed by atoms with E-state index in [1.54, 1.807) is 11.3 Å². The molecule has 0 N–H and O–H groups in total. The van der Waals surface area contributed by atoms with Gasteiger partial charge in [-0.15, -0.1) is 0 Å². The average Bonchev–Trinajstić information content (AvgIpc) is 3.08. The van der Waals surface area contributed by atoms with E-state index in [4.69, 9.17) is 9.72 Å².